The van der Waals surface area contributed by atoms with Gasteiger partial charge in [0.2, 0.25) is 0 Å². The molecule has 0 spiro atoms. The lowest BCUT2D eigenvalue weighted by Crippen LogP contribution is -2.24. The maximum Gasteiger partial charge on any atom is 0.416 e. The van der Waals surface area contributed by atoms with E-state index in [1.54, 1.807) is 30.6 Å². The summed E-state index contributed by atoms with van der Waals surface area (Å²) in [5.41, 5.74) is 1.21. The van der Waals surface area contributed by atoms with Crippen molar-refractivity contribution < 1.29 is 18.3 Å². The SMILES string of the molecule is O=c1c2cc(-c3ccc(C(F)(F)F)cc3)nc(-c3cccnc3)c2ncn1C1CCC(O)C1. The molecule has 3 aromatic heterocycles. The summed E-state index contributed by atoms with van der Waals surface area (Å²) in [7, 11) is 0. The van der Waals surface area contributed by atoms with E-state index in [1.807, 2.05) is 0 Å². The Morgan fingerprint density at radius 2 is 1.85 bits per heavy atom. The van der Waals surface area contributed by atoms with Crippen molar-refractivity contribution in [2.75, 3.05) is 0 Å². The largest absolute Gasteiger partial charge is 0.416 e. The van der Waals surface area contributed by atoms with E-state index in [0.717, 1.165) is 12.1 Å². The molecular weight excluding hydrogens is 433 g/mol. The van der Waals surface area contributed by atoms with E-state index in [2.05, 4.69) is 15.0 Å². The summed E-state index contributed by atoms with van der Waals surface area (Å²) in [5.74, 6) is 0. The zero-order chi connectivity index (χ0) is 23.2. The van der Waals surface area contributed by atoms with Crippen LogP contribution in [0.1, 0.15) is 30.9 Å². The third kappa shape index (κ3) is 4.00. The van der Waals surface area contributed by atoms with Crippen LogP contribution < -0.4 is 5.56 Å². The van der Waals surface area contributed by atoms with Crippen LogP contribution in [-0.2, 0) is 6.18 Å². The van der Waals surface area contributed by atoms with E-state index in [0.29, 0.717) is 52.7 Å². The molecule has 6 nitrogen and oxygen atoms in total. The monoisotopic (exact) mass is 452 g/mol. The van der Waals surface area contributed by atoms with Gasteiger partial charge in [-0.15, -0.1) is 0 Å². The Labute approximate surface area is 186 Å². The number of aliphatic hydroxyl groups excluding tert-OH is 1. The Bertz CT molecular complexity index is 1370. The number of halogens is 3. The van der Waals surface area contributed by atoms with Gasteiger partial charge in [0, 0.05) is 29.6 Å². The maximum absolute atomic E-state index is 13.4. The van der Waals surface area contributed by atoms with Crippen molar-refractivity contribution in [3.8, 4) is 22.5 Å². The van der Waals surface area contributed by atoms with Crippen molar-refractivity contribution in [1.29, 1.82) is 0 Å². The second-order valence-corrected chi connectivity index (χ2v) is 8.15. The standard InChI is InChI=1S/C24H19F3N4O2/c25-24(26,27)16-5-3-14(4-6-16)20-11-19-22(21(30-20)15-2-1-9-28-12-15)29-13-31(23(19)33)17-7-8-18(32)10-17/h1-6,9,11-13,17-18,32H,7-8,10H2. The fourth-order valence-corrected chi connectivity index (χ4v) is 4.27. The summed E-state index contributed by atoms with van der Waals surface area (Å²) in [6.07, 6.45) is 1.54. The van der Waals surface area contributed by atoms with Crippen molar-refractivity contribution in [3.05, 3.63) is 77.1 Å². The van der Waals surface area contributed by atoms with E-state index in [4.69, 9.17) is 0 Å². The maximum atomic E-state index is 13.4. The molecule has 9 heteroatoms. The number of alkyl halides is 3. The first-order valence-electron chi connectivity index (χ1n) is 10.5. The van der Waals surface area contributed by atoms with Crippen LogP contribution in [0.5, 0.6) is 0 Å². The molecule has 4 aromatic rings. The molecule has 2 unspecified atom stereocenters. The minimum atomic E-state index is -4.44. The van der Waals surface area contributed by atoms with Crippen LogP contribution in [-0.4, -0.2) is 30.7 Å². The quantitative estimate of drug-likeness (QED) is 0.490. The second kappa shape index (κ2) is 8.08. The molecule has 0 bridgehead atoms. The molecule has 1 aliphatic carbocycles. The Kier molecular flexibility index (Phi) is 5.20. The van der Waals surface area contributed by atoms with Crippen molar-refractivity contribution in [2.24, 2.45) is 0 Å². The molecule has 1 saturated carbocycles. The van der Waals surface area contributed by atoms with Crippen molar-refractivity contribution >= 4 is 10.9 Å². The minimum absolute atomic E-state index is 0.158. The van der Waals surface area contributed by atoms with Gasteiger partial charge < -0.3 is 5.11 Å². The molecule has 5 rings (SSSR count). The van der Waals surface area contributed by atoms with Crippen molar-refractivity contribution in [1.82, 2.24) is 19.5 Å². The number of nitrogens with zero attached hydrogens (tertiary/aromatic N) is 4. The zero-order valence-corrected chi connectivity index (χ0v) is 17.3. The molecule has 1 aromatic carbocycles. The predicted octanol–water partition coefficient (Wildman–Crippen LogP) is 4.63. The van der Waals surface area contributed by atoms with Crippen LogP contribution in [0.2, 0.25) is 0 Å². The first kappa shape index (κ1) is 21.3. The van der Waals surface area contributed by atoms with Gasteiger partial charge in [-0.2, -0.15) is 13.2 Å². The lowest BCUT2D eigenvalue weighted by Gasteiger charge is -2.15. The number of aromatic nitrogens is 4. The van der Waals surface area contributed by atoms with Gasteiger partial charge in [-0.1, -0.05) is 12.1 Å². The van der Waals surface area contributed by atoms with Gasteiger partial charge in [0.05, 0.1) is 34.8 Å². The average Bonchev–Trinajstić information content (AvgIpc) is 3.25. The predicted molar refractivity (Wildman–Crippen MR) is 116 cm³/mol. The number of pyridine rings is 2. The van der Waals surface area contributed by atoms with Crippen LogP contribution in [0.4, 0.5) is 13.2 Å². The highest BCUT2D eigenvalue weighted by atomic mass is 19.4. The molecule has 0 radical (unpaired) electrons. The van der Waals surface area contributed by atoms with Crippen molar-refractivity contribution in [3.63, 3.8) is 0 Å². The van der Waals surface area contributed by atoms with Crippen LogP contribution in [0.25, 0.3) is 33.4 Å². The molecule has 1 aliphatic rings. The van der Waals surface area contributed by atoms with Gasteiger partial charge >= 0.3 is 6.18 Å². The summed E-state index contributed by atoms with van der Waals surface area (Å²) >= 11 is 0. The second-order valence-electron chi connectivity index (χ2n) is 8.15. The van der Waals surface area contributed by atoms with E-state index < -0.39 is 17.8 Å². The molecule has 0 amide bonds. The number of fused-ring (bicyclic) bond motifs is 1. The van der Waals surface area contributed by atoms with Crippen LogP contribution in [0.15, 0.2) is 66.0 Å². The lowest BCUT2D eigenvalue weighted by atomic mass is 10.0. The number of aliphatic hydroxyl groups is 1. The van der Waals surface area contributed by atoms with Gasteiger partial charge in [0.25, 0.3) is 5.56 Å². The van der Waals surface area contributed by atoms with Gasteiger partial charge in [-0.25, -0.2) is 9.97 Å². The topological polar surface area (TPSA) is 80.9 Å². The van der Waals surface area contributed by atoms with Gasteiger partial charge in [0.1, 0.15) is 5.52 Å². The van der Waals surface area contributed by atoms with Gasteiger partial charge in [-0.05, 0) is 49.6 Å². The summed E-state index contributed by atoms with van der Waals surface area (Å²) in [6.45, 7) is 0. The number of benzene rings is 1. The first-order chi connectivity index (χ1) is 15.8. The highest BCUT2D eigenvalue weighted by molar-refractivity contribution is 5.93. The summed E-state index contributed by atoms with van der Waals surface area (Å²) in [4.78, 5) is 26.7. The van der Waals surface area contributed by atoms with Gasteiger partial charge in [0.15, 0.2) is 0 Å². The molecule has 0 saturated heterocycles. The Balaban J connectivity index is 1.71. The molecule has 1 fully saturated rings. The lowest BCUT2D eigenvalue weighted by molar-refractivity contribution is -0.137. The minimum Gasteiger partial charge on any atom is -0.393 e. The summed E-state index contributed by atoms with van der Waals surface area (Å²) in [6, 6.07) is 9.58. The fraction of sp³-hybridized carbons (Fsp3) is 0.250. The highest BCUT2D eigenvalue weighted by Gasteiger charge is 2.30. The average molecular weight is 452 g/mol. The third-order valence-electron chi connectivity index (χ3n) is 5.98. The molecule has 3 heterocycles. The van der Waals surface area contributed by atoms with E-state index in [9.17, 15) is 23.1 Å². The molecule has 2 atom stereocenters. The zero-order valence-electron chi connectivity index (χ0n) is 17.3. The van der Waals surface area contributed by atoms with Crippen LogP contribution in [0.3, 0.4) is 0 Å². The van der Waals surface area contributed by atoms with Gasteiger partial charge in [-0.3, -0.25) is 14.3 Å². The molecule has 0 aliphatic heterocycles. The third-order valence-corrected chi connectivity index (χ3v) is 5.98. The van der Waals surface area contributed by atoms with E-state index in [-0.39, 0.29) is 11.6 Å². The fourth-order valence-electron chi connectivity index (χ4n) is 4.27. The Morgan fingerprint density at radius 1 is 1.06 bits per heavy atom. The Morgan fingerprint density at radius 3 is 2.48 bits per heavy atom. The van der Waals surface area contributed by atoms with E-state index >= 15 is 0 Å². The van der Waals surface area contributed by atoms with Crippen molar-refractivity contribution in [2.45, 2.75) is 37.6 Å². The number of rotatable bonds is 3. The first-order valence-corrected chi connectivity index (χ1v) is 10.5. The molecule has 1 N–H and O–H groups in total. The molecule has 33 heavy (non-hydrogen) atoms. The summed E-state index contributed by atoms with van der Waals surface area (Å²) < 4.78 is 40.5. The molecule has 168 valence electrons. The smallest absolute Gasteiger partial charge is 0.393 e. The number of hydrogen-bond donors (Lipinski definition) is 1. The van der Waals surface area contributed by atoms with Crippen LogP contribution in [0, 0.1) is 0 Å². The molecular formula is C24H19F3N4O2. The summed E-state index contributed by atoms with van der Waals surface area (Å²) in [5, 5.41) is 10.2. The van der Waals surface area contributed by atoms with Crippen LogP contribution >= 0.6 is 0 Å². The van der Waals surface area contributed by atoms with E-state index in [1.165, 1.54) is 23.0 Å². The normalized spacial score (nSPS) is 18.7. The Hall–Kier alpha value is -3.59. The number of hydrogen-bond acceptors (Lipinski definition) is 5. The highest BCUT2D eigenvalue weighted by Crippen LogP contribution is 2.33.